The second kappa shape index (κ2) is 9.55. The van der Waals surface area contributed by atoms with E-state index in [1.54, 1.807) is 62.9 Å². The van der Waals surface area contributed by atoms with E-state index in [-0.39, 0.29) is 4.90 Å². The zero-order chi connectivity index (χ0) is 26.2. The second-order valence-electron chi connectivity index (χ2n) is 8.57. The molecule has 0 aliphatic rings. The smallest absolute Gasteiger partial charge is 0.268 e. The van der Waals surface area contributed by atoms with Crippen LogP contribution in [-0.4, -0.2) is 41.5 Å². The average Bonchev–Trinajstić information content (AvgIpc) is 3.33. The number of nitrogens with zero attached hydrogens (tertiary/aromatic N) is 4. The Balaban J connectivity index is 1.57. The fourth-order valence-electron chi connectivity index (χ4n) is 4.05. The van der Waals surface area contributed by atoms with Crippen molar-refractivity contribution in [3.8, 4) is 17.0 Å². The number of aryl methyl sites for hydroxylation is 2. The van der Waals surface area contributed by atoms with E-state index in [9.17, 15) is 8.42 Å². The van der Waals surface area contributed by atoms with Crippen LogP contribution in [0.25, 0.3) is 22.2 Å². The highest BCUT2D eigenvalue weighted by molar-refractivity contribution is 7.90. The molecule has 0 fully saturated rings. The molecule has 0 spiro atoms. The third kappa shape index (κ3) is 4.70. The van der Waals surface area contributed by atoms with Crippen LogP contribution in [0, 0.1) is 13.8 Å². The number of anilines is 3. The van der Waals surface area contributed by atoms with Gasteiger partial charge in [-0.2, -0.15) is 4.98 Å². The molecule has 0 saturated carbocycles. The van der Waals surface area contributed by atoms with Crippen LogP contribution in [0.15, 0.2) is 78.0 Å². The first-order chi connectivity index (χ1) is 17.8. The summed E-state index contributed by atoms with van der Waals surface area (Å²) in [6.07, 6.45) is 3.21. The maximum Gasteiger partial charge on any atom is 0.268 e. The van der Waals surface area contributed by atoms with E-state index >= 15 is 0 Å². The highest BCUT2D eigenvalue weighted by Crippen LogP contribution is 2.34. The Labute approximate surface area is 215 Å². The summed E-state index contributed by atoms with van der Waals surface area (Å²) in [5.74, 6) is 1.74. The van der Waals surface area contributed by atoms with Crippen molar-refractivity contribution < 1.29 is 13.2 Å². The lowest BCUT2D eigenvalue weighted by atomic mass is 10.1. The highest BCUT2D eigenvalue weighted by Gasteiger charge is 2.20. The number of pyridine rings is 1. The van der Waals surface area contributed by atoms with Crippen LogP contribution in [0.2, 0.25) is 0 Å². The molecule has 10 heteroatoms. The van der Waals surface area contributed by atoms with Crippen molar-refractivity contribution in [2.45, 2.75) is 18.7 Å². The Kier molecular flexibility index (Phi) is 6.26. The van der Waals surface area contributed by atoms with Crippen molar-refractivity contribution in [1.29, 1.82) is 0 Å². The molecule has 5 aromatic rings. The van der Waals surface area contributed by atoms with E-state index in [0.717, 1.165) is 16.9 Å². The molecule has 0 unspecified atom stereocenters. The molecule has 3 heterocycles. The topological polar surface area (TPSA) is 111 Å². The Morgan fingerprint density at radius 3 is 2.46 bits per heavy atom. The molecule has 9 nitrogen and oxygen atoms in total. The van der Waals surface area contributed by atoms with Gasteiger partial charge in [0.15, 0.2) is 0 Å². The number of fused-ring (bicyclic) bond motifs is 1. The van der Waals surface area contributed by atoms with Crippen LogP contribution >= 0.6 is 0 Å². The quantitative estimate of drug-likeness (QED) is 0.307. The minimum Gasteiger partial charge on any atom is -0.496 e. The van der Waals surface area contributed by atoms with Crippen LogP contribution in [-0.2, 0) is 10.0 Å². The number of aromatic nitrogens is 4. The molecule has 37 heavy (non-hydrogen) atoms. The summed E-state index contributed by atoms with van der Waals surface area (Å²) in [6, 6.07) is 17.7. The first-order valence-electron chi connectivity index (χ1n) is 11.6. The zero-order valence-electron chi connectivity index (χ0n) is 20.9. The van der Waals surface area contributed by atoms with E-state index in [1.165, 1.54) is 3.97 Å². The van der Waals surface area contributed by atoms with Gasteiger partial charge in [-0.05, 0) is 56.3 Å². The van der Waals surface area contributed by atoms with Gasteiger partial charge in [-0.1, -0.05) is 17.7 Å². The standard InChI is InChI=1S/C27H26N6O3S/c1-17-5-8-21(9-6-17)37(34,35)33-12-11-19-16-29-23(15-24(19)33)22-14-20(7-10-25(22)36-4)31-27-30-18(2)13-26(28-3)32-27/h5-16H,1-4H3,(H2,28,30,31,32). The number of hydrogen-bond donors (Lipinski definition) is 2. The SMILES string of the molecule is CNc1cc(C)nc(Nc2ccc(OC)c(-c3cc4c(ccn4S(=O)(=O)c4ccc(C)cc4)cn3)c2)n1. The minimum absolute atomic E-state index is 0.219. The second-order valence-corrected chi connectivity index (χ2v) is 10.4. The van der Waals surface area contributed by atoms with Gasteiger partial charge in [-0.15, -0.1) is 0 Å². The summed E-state index contributed by atoms with van der Waals surface area (Å²) in [4.78, 5) is 13.7. The van der Waals surface area contributed by atoms with Gasteiger partial charge in [0.2, 0.25) is 5.95 Å². The number of rotatable bonds is 7. The Morgan fingerprint density at radius 1 is 0.946 bits per heavy atom. The van der Waals surface area contributed by atoms with E-state index < -0.39 is 10.0 Å². The molecular weight excluding hydrogens is 488 g/mol. The van der Waals surface area contributed by atoms with Gasteiger partial charge >= 0.3 is 0 Å². The molecule has 0 bridgehead atoms. The number of ether oxygens (including phenoxy) is 1. The molecule has 0 amide bonds. The number of nitrogens with one attached hydrogen (secondary N) is 2. The van der Waals surface area contributed by atoms with Gasteiger partial charge in [0.1, 0.15) is 11.6 Å². The summed E-state index contributed by atoms with van der Waals surface area (Å²) < 4.78 is 33.7. The zero-order valence-corrected chi connectivity index (χ0v) is 21.7. The molecule has 0 saturated heterocycles. The normalized spacial score (nSPS) is 11.5. The molecule has 0 aliphatic heterocycles. The van der Waals surface area contributed by atoms with Crippen molar-refractivity contribution in [2.75, 3.05) is 24.8 Å². The molecule has 3 aromatic heterocycles. The van der Waals surface area contributed by atoms with E-state index in [2.05, 4.69) is 25.6 Å². The molecule has 2 aromatic carbocycles. The lowest BCUT2D eigenvalue weighted by Gasteiger charge is -2.13. The first-order valence-corrected chi connectivity index (χ1v) is 13.0. The minimum atomic E-state index is -3.79. The van der Waals surface area contributed by atoms with Crippen LogP contribution < -0.4 is 15.4 Å². The lowest BCUT2D eigenvalue weighted by Crippen LogP contribution is -2.11. The number of methoxy groups -OCH3 is 1. The van der Waals surface area contributed by atoms with Crippen LogP contribution in [0.1, 0.15) is 11.3 Å². The monoisotopic (exact) mass is 514 g/mol. The maximum absolute atomic E-state index is 13.4. The van der Waals surface area contributed by atoms with Gasteiger partial charge in [0.05, 0.1) is 23.2 Å². The third-order valence-electron chi connectivity index (χ3n) is 5.96. The molecule has 0 radical (unpaired) electrons. The maximum atomic E-state index is 13.4. The van der Waals surface area contributed by atoms with E-state index in [0.29, 0.717) is 39.7 Å². The van der Waals surface area contributed by atoms with Crippen molar-refractivity contribution >= 4 is 38.4 Å². The van der Waals surface area contributed by atoms with E-state index in [1.807, 2.05) is 38.1 Å². The lowest BCUT2D eigenvalue weighted by molar-refractivity contribution is 0.416. The fourth-order valence-corrected chi connectivity index (χ4v) is 5.40. The van der Waals surface area contributed by atoms with Crippen LogP contribution in [0.4, 0.5) is 17.5 Å². The van der Waals surface area contributed by atoms with Gasteiger partial charge in [-0.25, -0.2) is 17.4 Å². The first kappa shape index (κ1) is 24.3. The van der Waals surface area contributed by atoms with Crippen molar-refractivity contribution in [1.82, 2.24) is 18.9 Å². The van der Waals surface area contributed by atoms with Crippen molar-refractivity contribution in [3.63, 3.8) is 0 Å². The van der Waals surface area contributed by atoms with Crippen molar-refractivity contribution in [3.05, 3.63) is 84.3 Å². The molecule has 0 aliphatic carbocycles. The molecule has 2 N–H and O–H groups in total. The summed E-state index contributed by atoms with van der Waals surface area (Å²) in [5, 5.41) is 6.96. The molecule has 5 rings (SSSR count). The summed E-state index contributed by atoms with van der Waals surface area (Å²) in [5.41, 5.74) is 4.31. The van der Waals surface area contributed by atoms with Crippen molar-refractivity contribution in [2.24, 2.45) is 0 Å². The van der Waals surface area contributed by atoms with Gasteiger partial charge in [0.25, 0.3) is 10.0 Å². The Bertz CT molecular complexity index is 1710. The van der Waals surface area contributed by atoms with Gasteiger partial charge < -0.3 is 15.4 Å². The predicted molar refractivity (Wildman–Crippen MR) is 145 cm³/mol. The van der Waals surface area contributed by atoms with Gasteiger partial charge in [-0.3, -0.25) is 4.98 Å². The Morgan fingerprint density at radius 2 is 1.73 bits per heavy atom. The average molecular weight is 515 g/mol. The number of benzene rings is 2. The molecular formula is C27H26N6O3S. The van der Waals surface area contributed by atoms with Crippen LogP contribution in [0.3, 0.4) is 0 Å². The Hall–Kier alpha value is -4.44. The third-order valence-corrected chi connectivity index (χ3v) is 7.66. The molecule has 188 valence electrons. The number of hydrogen-bond acceptors (Lipinski definition) is 8. The van der Waals surface area contributed by atoms with Gasteiger partial charge in [0, 0.05) is 47.8 Å². The summed E-state index contributed by atoms with van der Waals surface area (Å²) >= 11 is 0. The molecule has 0 atom stereocenters. The predicted octanol–water partition coefficient (Wildman–Crippen LogP) is 5.14. The largest absolute Gasteiger partial charge is 0.496 e. The van der Waals surface area contributed by atoms with Crippen LogP contribution in [0.5, 0.6) is 5.75 Å². The summed E-state index contributed by atoms with van der Waals surface area (Å²) in [7, 11) is -0.410. The summed E-state index contributed by atoms with van der Waals surface area (Å²) in [6.45, 7) is 3.81. The van der Waals surface area contributed by atoms with E-state index in [4.69, 9.17) is 4.74 Å². The highest BCUT2D eigenvalue weighted by atomic mass is 32.2. The fraction of sp³-hybridized carbons (Fsp3) is 0.148.